The van der Waals surface area contributed by atoms with Gasteiger partial charge >= 0.3 is 0 Å². The smallest absolute Gasteiger partial charge is 0.232 e. The molecule has 160 valence electrons. The van der Waals surface area contributed by atoms with Crippen LogP contribution in [-0.4, -0.2) is 28.4 Å². The number of fused-ring (bicyclic) bond motifs is 2. The Morgan fingerprint density at radius 1 is 1.26 bits per heavy atom. The topological polar surface area (TPSA) is 62.9 Å². The Kier molecular flexibility index (Phi) is 5.15. The molecule has 6 heteroatoms. The van der Waals surface area contributed by atoms with Crippen LogP contribution in [0.25, 0.3) is 17.0 Å². The number of hydrogen-bond acceptors (Lipinski definition) is 5. The number of hydrogen-bond donors (Lipinski definition) is 1. The molecule has 1 saturated heterocycles. The predicted molar refractivity (Wildman–Crippen MR) is 123 cm³/mol. The number of furan rings is 1. The summed E-state index contributed by atoms with van der Waals surface area (Å²) in [6.07, 6.45) is 5.15. The third-order valence-corrected chi connectivity index (χ3v) is 6.79. The van der Waals surface area contributed by atoms with Crippen molar-refractivity contribution < 1.29 is 19.1 Å². The number of likely N-dealkylation sites (tertiary alicyclic amines) is 1. The molecule has 2 aliphatic heterocycles. The fraction of sp³-hybridized carbons (Fsp3) is 0.320. The fourth-order valence-electron chi connectivity index (χ4n) is 4.56. The zero-order valence-electron chi connectivity index (χ0n) is 17.6. The van der Waals surface area contributed by atoms with E-state index in [2.05, 4.69) is 27.8 Å². The molecule has 2 aromatic carbocycles. The summed E-state index contributed by atoms with van der Waals surface area (Å²) in [5.74, 6) is 1.25. The second-order valence-corrected chi connectivity index (χ2v) is 9.40. The summed E-state index contributed by atoms with van der Waals surface area (Å²) >= 11 is 3.46. The third-order valence-electron chi connectivity index (χ3n) is 6.29. The minimum absolute atomic E-state index is 0.177. The van der Waals surface area contributed by atoms with Gasteiger partial charge in [0.05, 0.1) is 11.1 Å². The van der Waals surface area contributed by atoms with Crippen LogP contribution in [0.15, 0.2) is 45.0 Å². The minimum atomic E-state index is -0.179. The second-order valence-electron chi connectivity index (χ2n) is 8.48. The highest BCUT2D eigenvalue weighted by Gasteiger charge is 2.34. The molecule has 1 aromatic heterocycles. The van der Waals surface area contributed by atoms with Gasteiger partial charge in [0.25, 0.3) is 0 Å². The van der Waals surface area contributed by atoms with E-state index in [1.807, 2.05) is 31.2 Å². The monoisotopic (exact) mass is 481 g/mol. The number of aromatic hydroxyl groups is 1. The zero-order chi connectivity index (χ0) is 21.7. The van der Waals surface area contributed by atoms with Crippen molar-refractivity contribution >= 4 is 38.8 Å². The fourth-order valence-corrected chi connectivity index (χ4v) is 4.94. The number of ether oxygens (including phenoxy) is 1. The van der Waals surface area contributed by atoms with Crippen LogP contribution in [0.3, 0.4) is 0 Å². The first-order chi connectivity index (χ1) is 14.9. The maximum atomic E-state index is 13.2. The number of aryl methyl sites for hydroxylation is 1. The van der Waals surface area contributed by atoms with E-state index in [9.17, 15) is 9.90 Å². The lowest BCUT2D eigenvalue weighted by Crippen LogP contribution is -2.36. The van der Waals surface area contributed by atoms with Gasteiger partial charge in [-0.25, -0.2) is 0 Å². The van der Waals surface area contributed by atoms with Crippen LogP contribution in [0.4, 0.5) is 0 Å². The third kappa shape index (κ3) is 3.68. The van der Waals surface area contributed by atoms with E-state index in [4.69, 9.17) is 9.15 Å². The van der Waals surface area contributed by atoms with E-state index in [0.717, 1.165) is 34.8 Å². The summed E-state index contributed by atoms with van der Waals surface area (Å²) in [6.45, 7) is 5.58. The second kappa shape index (κ2) is 7.84. The molecule has 5 rings (SSSR count). The maximum Gasteiger partial charge on any atom is 0.232 e. The van der Waals surface area contributed by atoms with Crippen LogP contribution in [0.2, 0.25) is 0 Å². The Bertz CT molecular complexity index is 1230. The molecule has 0 radical (unpaired) electrons. The van der Waals surface area contributed by atoms with Gasteiger partial charge in [0.1, 0.15) is 22.8 Å². The lowest BCUT2D eigenvalue weighted by molar-refractivity contribution is 0.101. The number of phenols is 1. The summed E-state index contributed by atoms with van der Waals surface area (Å²) in [5, 5.41) is 11.6. The van der Waals surface area contributed by atoms with Gasteiger partial charge in [-0.05, 0) is 69.1 Å². The molecular formula is C25H24BrNO4. The highest BCUT2D eigenvalue weighted by atomic mass is 79.9. The number of halogens is 1. The first kappa shape index (κ1) is 20.3. The number of piperidine rings is 1. The van der Waals surface area contributed by atoms with Crippen molar-refractivity contribution in [3.8, 4) is 11.5 Å². The van der Waals surface area contributed by atoms with Crippen molar-refractivity contribution in [3.63, 3.8) is 0 Å². The maximum absolute atomic E-state index is 13.2. The summed E-state index contributed by atoms with van der Waals surface area (Å²) in [6, 6.07) is 9.75. The van der Waals surface area contributed by atoms with Gasteiger partial charge in [-0.3, -0.25) is 9.69 Å². The summed E-state index contributed by atoms with van der Waals surface area (Å²) in [7, 11) is 0. The molecule has 3 aromatic rings. The Balaban J connectivity index is 1.51. The molecule has 2 aliphatic rings. The highest BCUT2D eigenvalue weighted by molar-refractivity contribution is 9.10. The summed E-state index contributed by atoms with van der Waals surface area (Å²) in [5.41, 5.74) is 2.67. The number of nitrogens with zero attached hydrogens (tertiary/aromatic N) is 1. The molecule has 1 atom stereocenters. The minimum Gasteiger partial charge on any atom is -0.507 e. The quantitative estimate of drug-likeness (QED) is 0.451. The Labute approximate surface area is 189 Å². The van der Waals surface area contributed by atoms with Crippen LogP contribution in [-0.2, 0) is 6.54 Å². The molecule has 5 nitrogen and oxygen atoms in total. The molecule has 0 spiro atoms. The van der Waals surface area contributed by atoms with Gasteiger partial charge < -0.3 is 14.3 Å². The van der Waals surface area contributed by atoms with Crippen molar-refractivity contribution in [2.24, 2.45) is 0 Å². The molecule has 0 aliphatic carbocycles. The van der Waals surface area contributed by atoms with E-state index in [1.54, 1.807) is 12.1 Å². The van der Waals surface area contributed by atoms with Gasteiger partial charge in [0.15, 0.2) is 5.76 Å². The standard InChI is InChI=1S/C25H24BrNO4/c1-14-9-20(28)19(13-27-8-4-3-5-15(27)2)25-23(14)24(29)22(31-25)12-18-11-16-10-17(26)6-7-21(16)30-18/h6-7,9-12,15,28H,3-5,8,13H2,1-2H3/b22-12-/t15-/m1/s1. The number of benzene rings is 2. The van der Waals surface area contributed by atoms with Crippen molar-refractivity contribution in [1.29, 1.82) is 0 Å². The van der Waals surface area contributed by atoms with E-state index in [1.165, 1.54) is 6.42 Å². The molecule has 1 N–H and O–H groups in total. The Hall–Kier alpha value is -2.57. The van der Waals surface area contributed by atoms with Gasteiger partial charge in [-0.2, -0.15) is 0 Å². The van der Waals surface area contributed by atoms with Gasteiger partial charge in [-0.1, -0.05) is 22.4 Å². The van der Waals surface area contributed by atoms with Crippen LogP contribution in [0.5, 0.6) is 11.5 Å². The molecule has 0 amide bonds. The first-order valence-electron chi connectivity index (χ1n) is 10.6. The van der Waals surface area contributed by atoms with Crippen molar-refractivity contribution in [1.82, 2.24) is 4.90 Å². The van der Waals surface area contributed by atoms with Crippen LogP contribution in [0, 0.1) is 6.92 Å². The predicted octanol–water partition coefficient (Wildman–Crippen LogP) is 6.20. The van der Waals surface area contributed by atoms with Gasteiger partial charge in [0.2, 0.25) is 5.78 Å². The van der Waals surface area contributed by atoms with E-state index >= 15 is 0 Å². The lowest BCUT2D eigenvalue weighted by Gasteiger charge is -2.33. The lowest BCUT2D eigenvalue weighted by atomic mass is 9.97. The molecule has 0 bridgehead atoms. The average molecular weight is 482 g/mol. The SMILES string of the molecule is Cc1cc(O)c(CN2CCCC[C@H]2C)c2c1C(=O)/C(=C/c1cc3cc(Br)ccc3o1)O2. The average Bonchev–Trinajstić information content (AvgIpc) is 3.27. The molecule has 0 saturated carbocycles. The zero-order valence-corrected chi connectivity index (χ0v) is 19.2. The Morgan fingerprint density at radius 3 is 2.90 bits per heavy atom. The van der Waals surface area contributed by atoms with Gasteiger partial charge in [-0.15, -0.1) is 0 Å². The molecule has 3 heterocycles. The van der Waals surface area contributed by atoms with Crippen LogP contribution in [0.1, 0.15) is 53.4 Å². The number of allylic oxidation sites excluding steroid dienone is 1. The summed E-state index contributed by atoms with van der Waals surface area (Å²) in [4.78, 5) is 15.5. The normalized spacial score (nSPS) is 20.4. The number of carbonyl (C=O) groups excluding carboxylic acids is 1. The molecular weight excluding hydrogens is 458 g/mol. The van der Waals surface area contributed by atoms with Crippen molar-refractivity contribution in [3.05, 3.63) is 63.0 Å². The first-order valence-corrected chi connectivity index (χ1v) is 11.4. The van der Waals surface area contributed by atoms with E-state index in [0.29, 0.717) is 40.8 Å². The Morgan fingerprint density at radius 2 is 2.10 bits per heavy atom. The van der Waals surface area contributed by atoms with Gasteiger partial charge in [0, 0.05) is 28.5 Å². The van der Waals surface area contributed by atoms with E-state index < -0.39 is 0 Å². The number of rotatable bonds is 3. The highest BCUT2D eigenvalue weighted by Crippen LogP contribution is 2.43. The number of phenolic OH excluding ortho intramolecular Hbond substituents is 1. The number of carbonyl (C=O) groups is 1. The molecule has 0 unspecified atom stereocenters. The molecule has 1 fully saturated rings. The number of Topliss-reactive ketones (excluding diaryl/α,β-unsaturated/α-hetero) is 1. The van der Waals surface area contributed by atoms with E-state index in [-0.39, 0.29) is 17.3 Å². The van der Waals surface area contributed by atoms with Crippen LogP contribution >= 0.6 is 15.9 Å². The van der Waals surface area contributed by atoms with Crippen LogP contribution < -0.4 is 4.74 Å². The number of ketones is 1. The van der Waals surface area contributed by atoms with Crippen molar-refractivity contribution in [2.75, 3.05) is 6.54 Å². The largest absolute Gasteiger partial charge is 0.507 e. The summed E-state index contributed by atoms with van der Waals surface area (Å²) < 4.78 is 12.9. The van der Waals surface area contributed by atoms with Crippen molar-refractivity contribution in [2.45, 2.75) is 45.7 Å². The molecule has 31 heavy (non-hydrogen) atoms.